The highest BCUT2D eigenvalue weighted by molar-refractivity contribution is 5.79. The van der Waals surface area contributed by atoms with Crippen molar-refractivity contribution >= 4 is 11.9 Å². The van der Waals surface area contributed by atoms with Gasteiger partial charge in [-0.3, -0.25) is 14.3 Å². The summed E-state index contributed by atoms with van der Waals surface area (Å²) in [6, 6.07) is 7.88. The summed E-state index contributed by atoms with van der Waals surface area (Å²) in [6.07, 6.45) is 4.62. The minimum Gasteiger partial charge on any atom is -0.481 e. The van der Waals surface area contributed by atoms with Crippen LogP contribution < -0.4 is 5.32 Å². The quantitative estimate of drug-likeness (QED) is 0.653. The monoisotopic (exact) mass is 414 g/mol. The average molecular weight is 415 g/mol. The Hall–Kier alpha value is -2.74. The van der Waals surface area contributed by atoms with Gasteiger partial charge in [-0.05, 0) is 36.8 Å². The lowest BCUT2D eigenvalue weighted by molar-refractivity contribution is -0.137. The molecule has 8 heteroatoms. The van der Waals surface area contributed by atoms with E-state index in [1.54, 1.807) is 10.9 Å². The standard InChI is InChI=1S/C22H30N4O4/c1-15(2)20-13-18(8-10-30-20)23-21(27)12-16-5-3-6-17(11-16)19-14-26(25-24-19)9-4-7-22(28)29/h3,5-6,11,14-15,18,20H,4,7-10,12-13H2,1-2H3,(H,23,27)(H,28,29). The number of amides is 1. The highest BCUT2D eigenvalue weighted by atomic mass is 16.5. The van der Waals surface area contributed by atoms with Crippen molar-refractivity contribution in [2.75, 3.05) is 6.61 Å². The van der Waals surface area contributed by atoms with Crippen molar-refractivity contribution in [3.8, 4) is 11.3 Å². The number of carboxylic acids is 1. The molecule has 1 fully saturated rings. The van der Waals surface area contributed by atoms with Crippen LogP contribution >= 0.6 is 0 Å². The number of aromatic nitrogens is 3. The smallest absolute Gasteiger partial charge is 0.303 e. The second-order valence-electron chi connectivity index (χ2n) is 8.18. The lowest BCUT2D eigenvalue weighted by atomic mass is 9.95. The highest BCUT2D eigenvalue weighted by Gasteiger charge is 2.25. The number of carboxylic acid groups (broad SMARTS) is 1. The molecule has 0 radical (unpaired) electrons. The molecule has 1 amide bonds. The lowest BCUT2D eigenvalue weighted by Gasteiger charge is -2.32. The van der Waals surface area contributed by atoms with Gasteiger partial charge < -0.3 is 15.2 Å². The van der Waals surface area contributed by atoms with E-state index >= 15 is 0 Å². The first-order valence-electron chi connectivity index (χ1n) is 10.5. The van der Waals surface area contributed by atoms with Crippen LogP contribution in [-0.4, -0.2) is 50.7 Å². The Morgan fingerprint density at radius 2 is 2.20 bits per heavy atom. The Morgan fingerprint density at radius 3 is 2.97 bits per heavy atom. The first-order valence-corrected chi connectivity index (χ1v) is 10.5. The van der Waals surface area contributed by atoms with Gasteiger partial charge in [0.15, 0.2) is 0 Å². The Balaban J connectivity index is 1.56. The van der Waals surface area contributed by atoms with Crippen molar-refractivity contribution in [2.24, 2.45) is 5.92 Å². The van der Waals surface area contributed by atoms with E-state index in [1.807, 2.05) is 24.3 Å². The molecular weight excluding hydrogens is 384 g/mol. The fraction of sp³-hybridized carbons (Fsp3) is 0.545. The number of rotatable bonds is 9. The number of carbonyl (C=O) groups excluding carboxylic acids is 1. The van der Waals surface area contributed by atoms with Gasteiger partial charge in [0.2, 0.25) is 5.91 Å². The molecule has 1 aromatic heterocycles. The van der Waals surface area contributed by atoms with Crippen molar-refractivity contribution in [3.63, 3.8) is 0 Å². The molecule has 2 unspecified atom stereocenters. The van der Waals surface area contributed by atoms with Crippen LogP contribution in [0.3, 0.4) is 0 Å². The predicted octanol–water partition coefficient (Wildman–Crippen LogP) is 2.67. The third-order valence-corrected chi connectivity index (χ3v) is 5.33. The third kappa shape index (κ3) is 6.38. The molecule has 1 aliphatic rings. The van der Waals surface area contributed by atoms with Crippen LogP contribution in [-0.2, 0) is 27.3 Å². The van der Waals surface area contributed by atoms with Gasteiger partial charge in [-0.2, -0.15) is 0 Å². The van der Waals surface area contributed by atoms with Crippen molar-refractivity contribution in [2.45, 2.75) is 64.6 Å². The molecule has 2 aromatic rings. The van der Waals surface area contributed by atoms with Gasteiger partial charge in [-0.25, -0.2) is 0 Å². The zero-order chi connectivity index (χ0) is 21.5. The van der Waals surface area contributed by atoms with Crippen LogP contribution in [0.2, 0.25) is 0 Å². The lowest BCUT2D eigenvalue weighted by Crippen LogP contribution is -2.43. The first-order chi connectivity index (χ1) is 14.4. The molecule has 2 atom stereocenters. The number of aryl methyl sites for hydroxylation is 1. The van der Waals surface area contributed by atoms with Crippen LogP contribution in [0.4, 0.5) is 0 Å². The molecule has 0 bridgehead atoms. The third-order valence-electron chi connectivity index (χ3n) is 5.33. The number of ether oxygens (including phenoxy) is 1. The summed E-state index contributed by atoms with van der Waals surface area (Å²) in [4.78, 5) is 23.2. The maximum atomic E-state index is 12.6. The van der Waals surface area contributed by atoms with Crippen LogP contribution in [0.15, 0.2) is 30.5 Å². The van der Waals surface area contributed by atoms with Crippen LogP contribution in [0.1, 0.15) is 45.1 Å². The summed E-state index contributed by atoms with van der Waals surface area (Å²) >= 11 is 0. The predicted molar refractivity (Wildman–Crippen MR) is 112 cm³/mol. The SMILES string of the molecule is CC(C)C1CC(NC(=O)Cc2cccc(-c3cn(CCCC(=O)O)nn3)c2)CCO1. The van der Waals surface area contributed by atoms with E-state index in [4.69, 9.17) is 9.84 Å². The van der Waals surface area contributed by atoms with Crippen LogP contribution in [0.25, 0.3) is 11.3 Å². The average Bonchev–Trinajstić information content (AvgIpc) is 3.17. The topological polar surface area (TPSA) is 106 Å². The summed E-state index contributed by atoms with van der Waals surface area (Å²) in [5.41, 5.74) is 2.51. The van der Waals surface area contributed by atoms with Crippen molar-refractivity contribution < 1.29 is 19.4 Å². The molecule has 1 saturated heterocycles. The fourth-order valence-electron chi connectivity index (χ4n) is 3.66. The second kappa shape index (κ2) is 10.3. The summed E-state index contributed by atoms with van der Waals surface area (Å²) in [6.45, 7) is 5.47. The number of hydrogen-bond donors (Lipinski definition) is 2. The van der Waals surface area contributed by atoms with Gasteiger partial charge in [0, 0.05) is 31.2 Å². The van der Waals surface area contributed by atoms with Crippen LogP contribution in [0.5, 0.6) is 0 Å². The van der Waals surface area contributed by atoms with E-state index in [0.29, 0.717) is 37.6 Å². The summed E-state index contributed by atoms with van der Waals surface area (Å²) in [5.74, 6) is -0.361. The van der Waals surface area contributed by atoms with E-state index in [9.17, 15) is 9.59 Å². The van der Waals surface area contributed by atoms with E-state index in [-0.39, 0.29) is 24.5 Å². The molecule has 0 saturated carbocycles. The maximum Gasteiger partial charge on any atom is 0.303 e. The number of carbonyl (C=O) groups is 2. The minimum absolute atomic E-state index is 0.0129. The number of nitrogens with zero attached hydrogens (tertiary/aromatic N) is 3. The molecule has 3 rings (SSSR count). The molecule has 30 heavy (non-hydrogen) atoms. The van der Waals surface area contributed by atoms with Gasteiger partial charge in [0.1, 0.15) is 5.69 Å². The molecule has 1 aromatic carbocycles. The number of hydrogen-bond acceptors (Lipinski definition) is 5. The Bertz CT molecular complexity index is 864. The van der Waals surface area contributed by atoms with Crippen LogP contribution in [0, 0.1) is 5.92 Å². The van der Waals surface area contributed by atoms with Gasteiger partial charge in [0.25, 0.3) is 0 Å². The van der Waals surface area contributed by atoms with Gasteiger partial charge >= 0.3 is 5.97 Å². The van der Waals surface area contributed by atoms with Crippen molar-refractivity contribution in [3.05, 3.63) is 36.0 Å². The molecule has 0 aliphatic carbocycles. The molecule has 162 valence electrons. The van der Waals surface area contributed by atoms with E-state index < -0.39 is 5.97 Å². The number of nitrogens with one attached hydrogen (secondary N) is 1. The van der Waals surface area contributed by atoms with E-state index in [1.165, 1.54) is 0 Å². The molecular formula is C22H30N4O4. The first kappa shape index (κ1) is 22.0. The highest BCUT2D eigenvalue weighted by Crippen LogP contribution is 2.21. The van der Waals surface area contributed by atoms with Gasteiger partial charge in [-0.15, -0.1) is 5.10 Å². The molecule has 2 heterocycles. The van der Waals surface area contributed by atoms with Crippen molar-refractivity contribution in [1.82, 2.24) is 20.3 Å². The number of benzene rings is 1. The summed E-state index contributed by atoms with van der Waals surface area (Å²) < 4.78 is 7.42. The fourth-order valence-corrected chi connectivity index (χ4v) is 3.66. The minimum atomic E-state index is -0.818. The zero-order valence-corrected chi connectivity index (χ0v) is 17.6. The maximum absolute atomic E-state index is 12.6. The van der Waals surface area contributed by atoms with E-state index in [2.05, 4.69) is 29.5 Å². The zero-order valence-electron chi connectivity index (χ0n) is 17.6. The second-order valence-corrected chi connectivity index (χ2v) is 8.18. The Kier molecular flexibility index (Phi) is 7.57. The largest absolute Gasteiger partial charge is 0.481 e. The summed E-state index contributed by atoms with van der Waals surface area (Å²) in [5, 5.41) is 20.1. The molecule has 1 aliphatic heterocycles. The van der Waals surface area contributed by atoms with Gasteiger partial charge in [0.05, 0.1) is 18.7 Å². The number of aliphatic carboxylic acids is 1. The molecule has 0 spiro atoms. The Morgan fingerprint density at radius 1 is 1.37 bits per heavy atom. The molecule has 2 N–H and O–H groups in total. The normalized spacial score (nSPS) is 19.0. The summed E-state index contributed by atoms with van der Waals surface area (Å²) in [7, 11) is 0. The van der Waals surface area contributed by atoms with Crippen molar-refractivity contribution in [1.29, 1.82) is 0 Å². The Labute approximate surface area is 176 Å². The molecule has 8 nitrogen and oxygen atoms in total. The van der Waals surface area contributed by atoms with E-state index in [0.717, 1.165) is 24.0 Å². The van der Waals surface area contributed by atoms with Gasteiger partial charge in [-0.1, -0.05) is 37.3 Å².